The van der Waals surface area contributed by atoms with Gasteiger partial charge in [0.05, 0.1) is 12.2 Å². The summed E-state index contributed by atoms with van der Waals surface area (Å²) in [4.78, 5) is 0. The second kappa shape index (κ2) is 6.89. The highest BCUT2D eigenvalue weighted by Crippen LogP contribution is 2.18. The van der Waals surface area contributed by atoms with Crippen LogP contribution in [0.5, 0.6) is 0 Å². The summed E-state index contributed by atoms with van der Waals surface area (Å²) in [5, 5.41) is 0. The van der Waals surface area contributed by atoms with Gasteiger partial charge in [0.15, 0.2) is 0 Å². The van der Waals surface area contributed by atoms with Gasteiger partial charge in [-0.15, -0.1) is 12.4 Å². The Labute approximate surface area is 75.9 Å². The third kappa shape index (κ3) is 5.48. The van der Waals surface area contributed by atoms with Crippen LogP contribution in [0.25, 0.3) is 0 Å². The zero-order valence-electron chi connectivity index (χ0n) is 7.72. The molecular weight excluding hydrogens is 162 g/mol. The average molecular weight is 182 g/mol. The van der Waals surface area contributed by atoms with Crippen LogP contribution < -0.4 is 5.73 Å². The van der Waals surface area contributed by atoms with E-state index < -0.39 is 0 Å². The molecule has 0 heterocycles. The van der Waals surface area contributed by atoms with Crippen molar-refractivity contribution >= 4 is 12.4 Å². The van der Waals surface area contributed by atoms with Crippen molar-refractivity contribution in [1.82, 2.24) is 0 Å². The molecule has 0 saturated heterocycles. The molecule has 2 N–H and O–H groups in total. The van der Waals surface area contributed by atoms with Gasteiger partial charge in [-0.25, -0.2) is 0 Å². The molecule has 0 aromatic heterocycles. The highest BCUT2D eigenvalue weighted by atomic mass is 35.5. The van der Waals surface area contributed by atoms with Crippen LogP contribution in [0.15, 0.2) is 0 Å². The maximum Gasteiger partial charge on any atom is 0.0650 e. The summed E-state index contributed by atoms with van der Waals surface area (Å²) in [6, 6.07) is 0. The summed E-state index contributed by atoms with van der Waals surface area (Å²) in [7, 11) is 0. The van der Waals surface area contributed by atoms with Crippen molar-refractivity contribution in [2.45, 2.75) is 39.2 Å². The summed E-state index contributed by atoms with van der Waals surface area (Å²) >= 11 is 0. The first-order valence-electron chi connectivity index (χ1n) is 4.02. The Kier molecular flexibility index (Phi) is 8.63. The fourth-order valence-electron chi connectivity index (χ4n) is 0.759. The van der Waals surface area contributed by atoms with E-state index >= 15 is 0 Å². The van der Waals surface area contributed by atoms with Gasteiger partial charge >= 0.3 is 0 Å². The molecule has 0 rings (SSSR count). The number of rotatable bonds is 5. The Morgan fingerprint density at radius 2 is 1.73 bits per heavy atom. The van der Waals surface area contributed by atoms with Crippen molar-refractivity contribution in [3.8, 4) is 0 Å². The van der Waals surface area contributed by atoms with Crippen molar-refractivity contribution in [2.75, 3.05) is 13.2 Å². The highest BCUT2D eigenvalue weighted by molar-refractivity contribution is 5.85. The fourth-order valence-corrected chi connectivity index (χ4v) is 0.759. The number of hydrogen-bond donors (Lipinski definition) is 1. The molecule has 2 nitrogen and oxygen atoms in total. The molecular formula is C8H20ClNO. The van der Waals surface area contributed by atoms with Gasteiger partial charge in [0.25, 0.3) is 0 Å². The molecule has 0 aliphatic heterocycles. The SMILES string of the molecule is CCC(C)(CC)OCCN.Cl. The third-order valence-electron chi connectivity index (χ3n) is 2.06. The molecule has 0 radical (unpaired) electrons. The zero-order chi connectivity index (χ0) is 8.04. The third-order valence-corrected chi connectivity index (χ3v) is 2.06. The molecule has 0 amide bonds. The van der Waals surface area contributed by atoms with E-state index in [0.29, 0.717) is 13.2 Å². The lowest BCUT2D eigenvalue weighted by atomic mass is 10.0. The van der Waals surface area contributed by atoms with Crippen LogP contribution in [-0.2, 0) is 4.74 Å². The van der Waals surface area contributed by atoms with Crippen LogP contribution >= 0.6 is 12.4 Å². The molecule has 0 aliphatic rings. The molecule has 0 bridgehead atoms. The van der Waals surface area contributed by atoms with Gasteiger partial charge < -0.3 is 10.5 Å². The fraction of sp³-hybridized carbons (Fsp3) is 1.00. The molecule has 0 aromatic carbocycles. The van der Waals surface area contributed by atoms with Gasteiger partial charge in [0.1, 0.15) is 0 Å². The first-order valence-corrected chi connectivity index (χ1v) is 4.02. The van der Waals surface area contributed by atoms with Crippen LogP contribution in [0.4, 0.5) is 0 Å². The molecule has 0 atom stereocenters. The van der Waals surface area contributed by atoms with Gasteiger partial charge in [-0.1, -0.05) is 13.8 Å². The van der Waals surface area contributed by atoms with E-state index in [4.69, 9.17) is 10.5 Å². The van der Waals surface area contributed by atoms with Crippen LogP contribution in [0.1, 0.15) is 33.6 Å². The Balaban J connectivity index is 0. The molecule has 0 saturated carbocycles. The summed E-state index contributed by atoms with van der Waals surface area (Å²) in [5.41, 5.74) is 5.38. The van der Waals surface area contributed by atoms with E-state index in [1.54, 1.807) is 0 Å². The van der Waals surface area contributed by atoms with Crippen LogP contribution in [0, 0.1) is 0 Å². The average Bonchev–Trinajstić information content (AvgIpc) is 2.00. The van der Waals surface area contributed by atoms with Crippen molar-refractivity contribution in [2.24, 2.45) is 5.73 Å². The normalized spacial score (nSPS) is 10.9. The van der Waals surface area contributed by atoms with E-state index in [1.807, 2.05) is 0 Å². The monoisotopic (exact) mass is 181 g/mol. The maximum absolute atomic E-state index is 5.55. The molecule has 0 aliphatic carbocycles. The van der Waals surface area contributed by atoms with Crippen LogP contribution in [0.3, 0.4) is 0 Å². The van der Waals surface area contributed by atoms with E-state index in [9.17, 15) is 0 Å². The van der Waals surface area contributed by atoms with Gasteiger partial charge in [0, 0.05) is 6.54 Å². The molecule has 0 aromatic rings. The quantitative estimate of drug-likeness (QED) is 0.704. The van der Waals surface area contributed by atoms with Gasteiger partial charge in [-0.2, -0.15) is 0 Å². The minimum absolute atomic E-state index is 0. The number of nitrogens with two attached hydrogens (primary N) is 1. The second-order valence-electron chi connectivity index (χ2n) is 2.79. The molecule has 0 spiro atoms. The summed E-state index contributed by atoms with van der Waals surface area (Å²) in [6.45, 7) is 7.70. The highest BCUT2D eigenvalue weighted by Gasteiger charge is 2.18. The second-order valence-corrected chi connectivity index (χ2v) is 2.79. The Hall–Kier alpha value is 0.210. The minimum atomic E-state index is 0. The summed E-state index contributed by atoms with van der Waals surface area (Å²) in [6.07, 6.45) is 2.12. The first-order chi connectivity index (χ1) is 4.68. The van der Waals surface area contributed by atoms with Crippen molar-refractivity contribution in [1.29, 1.82) is 0 Å². The lowest BCUT2D eigenvalue weighted by molar-refractivity contribution is -0.0329. The maximum atomic E-state index is 5.55. The lowest BCUT2D eigenvalue weighted by Crippen LogP contribution is -2.29. The summed E-state index contributed by atoms with van der Waals surface area (Å²) in [5.74, 6) is 0. The topological polar surface area (TPSA) is 35.2 Å². The Morgan fingerprint density at radius 3 is 2.00 bits per heavy atom. The van der Waals surface area contributed by atoms with Crippen LogP contribution in [-0.4, -0.2) is 18.8 Å². The predicted molar refractivity (Wildman–Crippen MR) is 51.2 cm³/mol. The van der Waals surface area contributed by atoms with E-state index in [1.165, 1.54) is 0 Å². The zero-order valence-corrected chi connectivity index (χ0v) is 8.54. The predicted octanol–water partition coefficient (Wildman–Crippen LogP) is 1.96. The Bertz CT molecular complexity index is 84.2. The van der Waals surface area contributed by atoms with E-state index in [-0.39, 0.29) is 18.0 Å². The molecule has 70 valence electrons. The van der Waals surface area contributed by atoms with Crippen molar-refractivity contribution in [3.05, 3.63) is 0 Å². The minimum Gasteiger partial charge on any atom is -0.374 e. The molecule has 0 fully saturated rings. The van der Waals surface area contributed by atoms with E-state index in [2.05, 4.69) is 20.8 Å². The molecule has 0 unspecified atom stereocenters. The van der Waals surface area contributed by atoms with Crippen molar-refractivity contribution in [3.63, 3.8) is 0 Å². The van der Waals surface area contributed by atoms with E-state index in [0.717, 1.165) is 12.8 Å². The number of halogens is 1. The molecule has 11 heavy (non-hydrogen) atoms. The lowest BCUT2D eigenvalue weighted by Gasteiger charge is -2.26. The van der Waals surface area contributed by atoms with Crippen molar-refractivity contribution < 1.29 is 4.74 Å². The first kappa shape index (κ1) is 13.8. The van der Waals surface area contributed by atoms with Crippen LogP contribution in [0.2, 0.25) is 0 Å². The van der Waals surface area contributed by atoms with Gasteiger partial charge in [-0.3, -0.25) is 0 Å². The van der Waals surface area contributed by atoms with Gasteiger partial charge in [0.2, 0.25) is 0 Å². The number of hydrogen-bond acceptors (Lipinski definition) is 2. The molecule has 3 heteroatoms. The largest absolute Gasteiger partial charge is 0.374 e. The Morgan fingerprint density at radius 1 is 1.27 bits per heavy atom. The van der Waals surface area contributed by atoms with Gasteiger partial charge in [-0.05, 0) is 19.8 Å². The number of ether oxygens (including phenoxy) is 1. The standard InChI is InChI=1S/C8H19NO.ClH/c1-4-8(3,5-2)10-7-6-9;/h4-7,9H2,1-3H3;1H. The smallest absolute Gasteiger partial charge is 0.0650 e. The summed E-state index contributed by atoms with van der Waals surface area (Å²) < 4.78 is 5.55.